The van der Waals surface area contributed by atoms with Crippen molar-refractivity contribution >= 4 is 16.0 Å². The van der Waals surface area contributed by atoms with Gasteiger partial charge in [0.25, 0.3) is 5.56 Å². The molecule has 0 amide bonds. The highest BCUT2D eigenvalue weighted by molar-refractivity contribution is 7.89. The Balaban J connectivity index is 2.43. The van der Waals surface area contributed by atoms with E-state index in [2.05, 4.69) is 9.46 Å². The van der Waals surface area contributed by atoms with Crippen LogP contribution in [-0.2, 0) is 40.1 Å². The van der Waals surface area contributed by atoms with Gasteiger partial charge in [0.15, 0.2) is 4.90 Å². The molecule has 0 saturated carbocycles. The third-order valence-corrected chi connectivity index (χ3v) is 5.22. The summed E-state index contributed by atoms with van der Waals surface area (Å²) in [7, 11) is -0.738. The van der Waals surface area contributed by atoms with Crippen molar-refractivity contribution in [3.8, 4) is 0 Å². The smallest absolute Gasteiger partial charge is 0.330 e. The van der Waals surface area contributed by atoms with Crippen molar-refractivity contribution in [2.75, 3.05) is 7.11 Å². The van der Waals surface area contributed by atoms with E-state index in [1.54, 1.807) is 30.3 Å². The molecule has 0 bridgehead atoms. The summed E-state index contributed by atoms with van der Waals surface area (Å²) in [5, 5.41) is 0. The molecular weight excluding hydrogens is 362 g/mol. The first kappa shape index (κ1) is 19.6. The number of aromatic nitrogens is 2. The molecule has 0 aliphatic carbocycles. The number of ether oxygens (including phenoxy) is 1. The molecule has 1 aromatic heterocycles. The average molecular weight is 381 g/mol. The molecule has 0 fully saturated rings. The van der Waals surface area contributed by atoms with E-state index < -0.39 is 38.2 Å². The maximum atomic E-state index is 12.6. The molecule has 140 valence electrons. The molecule has 2 rings (SSSR count). The van der Waals surface area contributed by atoms with Crippen LogP contribution in [0.15, 0.2) is 51.0 Å². The first-order valence-corrected chi connectivity index (χ1v) is 9.06. The van der Waals surface area contributed by atoms with Crippen molar-refractivity contribution in [1.82, 2.24) is 13.9 Å². The zero-order valence-electron chi connectivity index (χ0n) is 14.5. The lowest BCUT2D eigenvalue weighted by molar-refractivity contribution is -0.142. The van der Waals surface area contributed by atoms with E-state index in [0.29, 0.717) is 10.1 Å². The lowest BCUT2D eigenvalue weighted by Crippen LogP contribution is -2.46. The summed E-state index contributed by atoms with van der Waals surface area (Å²) in [5.74, 6) is -0.793. The van der Waals surface area contributed by atoms with Crippen LogP contribution in [0.25, 0.3) is 0 Å². The van der Waals surface area contributed by atoms with Crippen LogP contribution in [0.4, 0.5) is 0 Å². The fourth-order valence-electron chi connectivity index (χ4n) is 2.38. The number of sulfonamides is 1. The number of methoxy groups -OCH3 is 1. The molecule has 0 aliphatic heterocycles. The molecule has 0 unspecified atom stereocenters. The fourth-order valence-corrected chi connectivity index (χ4v) is 3.72. The number of carbonyl (C=O) groups excluding carboxylic acids is 1. The highest BCUT2D eigenvalue weighted by Gasteiger charge is 2.29. The number of carbonyl (C=O) groups is 1. The molecule has 9 nitrogen and oxygen atoms in total. The van der Waals surface area contributed by atoms with Crippen molar-refractivity contribution in [2.45, 2.75) is 17.4 Å². The predicted octanol–water partition coefficient (Wildman–Crippen LogP) is -0.853. The third-order valence-electron chi connectivity index (χ3n) is 3.77. The van der Waals surface area contributed by atoms with Gasteiger partial charge in [-0.05, 0) is 12.0 Å². The molecule has 1 atom stereocenters. The third kappa shape index (κ3) is 4.09. The van der Waals surface area contributed by atoms with Gasteiger partial charge in [0.1, 0.15) is 6.04 Å². The standard InChI is InChI=1S/C16H19N3O6S/c1-18-10-13(14(20)19(2)16(18)22)26(23,24)17-12(15(21)25-3)9-11-7-5-4-6-8-11/h4-8,10,12,17H,9H2,1-3H3/t12-/m0/s1. The largest absolute Gasteiger partial charge is 0.468 e. The van der Waals surface area contributed by atoms with Crippen molar-refractivity contribution < 1.29 is 17.9 Å². The van der Waals surface area contributed by atoms with Gasteiger partial charge in [0, 0.05) is 20.3 Å². The Morgan fingerprint density at radius 1 is 1.19 bits per heavy atom. The number of hydrogen-bond acceptors (Lipinski definition) is 6. The number of aryl methyl sites for hydroxylation is 1. The number of nitrogens with one attached hydrogen (secondary N) is 1. The second-order valence-corrected chi connectivity index (χ2v) is 7.32. The number of esters is 1. The van der Waals surface area contributed by atoms with Crippen LogP contribution in [0.1, 0.15) is 5.56 Å². The lowest BCUT2D eigenvalue weighted by Gasteiger charge is -2.17. The zero-order valence-corrected chi connectivity index (χ0v) is 15.3. The van der Waals surface area contributed by atoms with Gasteiger partial charge in [-0.1, -0.05) is 30.3 Å². The Kier molecular flexibility index (Phi) is 5.78. The summed E-state index contributed by atoms with van der Waals surface area (Å²) in [6.07, 6.45) is 0.961. The van der Waals surface area contributed by atoms with Crippen LogP contribution in [0.2, 0.25) is 0 Å². The summed E-state index contributed by atoms with van der Waals surface area (Å²) in [6, 6.07) is 7.52. The SMILES string of the molecule is COC(=O)[C@H](Cc1ccccc1)NS(=O)(=O)c1cn(C)c(=O)n(C)c1=O. The van der Waals surface area contributed by atoms with Gasteiger partial charge in [-0.15, -0.1) is 0 Å². The quantitative estimate of drug-likeness (QED) is 0.652. The Morgan fingerprint density at radius 2 is 1.81 bits per heavy atom. The zero-order chi connectivity index (χ0) is 19.5. The summed E-state index contributed by atoms with van der Waals surface area (Å²) in [5.41, 5.74) is -0.939. The molecular formula is C16H19N3O6S. The Bertz CT molecular complexity index is 1020. The average Bonchev–Trinajstić information content (AvgIpc) is 2.62. The number of rotatable bonds is 6. The highest BCUT2D eigenvalue weighted by atomic mass is 32.2. The second kappa shape index (κ2) is 7.67. The summed E-state index contributed by atoms with van der Waals surface area (Å²) in [4.78, 5) is 35.3. The van der Waals surface area contributed by atoms with Crippen LogP contribution in [0.5, 0.6) is 0 Å². The summed E-state index contributed by atoms with van der Waals surface area (Å²) in [6.45, 7) is 0. The first-order chi connectivity index (χ1) is 12.2. The predicted molar refractivity (Wildman–Crippen MR) is 93.2 cm³/mol. The molecule has 1 heterocycles. The molecule has 1 aromatic carbocycles. The van der Waals surface area contributed by atoms with Gasteiger partial charge >= 0.3 is 11.7 Å². The second-order valence-electron chi connectivity index (χ2n) is 5.64. The van der Waals surface area contributed by atoms with Crippen molar-refractivity contribution in [1.29, 1.82) is 0 Å². The summed E-state index contributed by atoms with van der Waals surface area (Å²) >= 11 is 0. The molecule has 1 N–H and O–H groups in total. The first-order valence-electron chi connectivity index (χ1n) is 7.58. The molecule has 0 spiro atoms. The van der Waals surface area contributed by atoms with Crippen molar-refractivity contribution in [2.24, 2.45) is 14.1 Å². The van der Waals surface area contributed by atoms with Crippen molar-refractivity contribution in [3.05, 3.63) is 62.9 Å². The van der Waals surface area contributed by atoms with Gasteiger partial charge in [-0.3, -0.25) is 14.2 Å². The molecule has 2 aromatic rings. The highest BCUT2D eigenvalue weighted by Crippen LogP contribution is 2.08. The molecule has 0 aliphatic rings. The van der Waals surface area contributed by atoms with Gasteiger partial charge in [0.2, 0.25) is 10.0 Å². The van der Waals surface area contributed by atoms with E-state index in [0.717, 1.165) is 17.9 Å². The lowest BCUT2D eigenvalue weighted by atomic mass is 10.1. The van der Waals surface area contributed by atoms with E-state index in [1.165, 1.54) is 14.1 Å². The molecule has 0 saturated heterocycles. The monoisotopic (exact) mass is 381 g/mol. The van der Waals surface area contributed by atoms with Crippen molar-refractivity contribution in [3.63, 3.8) is 0 Å². The molecule has 10 heteroatoms. The van der Waals surface area contributed by atoms with Crippen LogP contribution in [0.3, 0.4) is 0 Å². The number of benzene rings is 1. The molecule has 0 radical (unpaired) electrons. The normalized spacial score (nSPS) is 12.6. The van der Waals surface area contributed by atoms with Gasteiger partial charge in [0.05, 0.1) is 7.11 Å². The van der Waals surface area contributed by atoms with E-state index in [-0.39, 0.29) is 6.42 Å². The molecule has 26 heavy (non-hydrogen) atoms. The topological polar surface area (TPSA) is 116 Å². The van der Waals surface area contributed by atoms with Crippen LogP contribution >= 0.6 is 0 Å². The number of nitrogens with zero attached hydrogens (tertiary/aromatic N) is 2. The maximum absolute atomic E-state index is 12.6. The minimum Gasteiger partial charge on any atom is -0.468 e. The van der Waals surface area contributed by atoms with Gasteiger partial charge in [-0.2, -0.15) is 4.72 Å². The van der Waals surface area contributed by atoms with Crippen LogP contribution in [0, 0.1) is 0 Å². The minimum atomic E-state index is -4.37. The fraction of sp³-hybridized carbons (Fsp3) is 0.312. The van der Waals surface area contributed by atoms with E-state index in [1.807, 2.05) is 0 Å². The summed E-state index contributed by atoms with van der Waals surface area (Å²) < 4.78 is 33.8. The van der Waals surface area contributed by atoms with E-state index >= 15 is 0 Å². The minimum absolute atomic E-state index is 0.0405. The van der Waals surface area contributed by atoms with E-state index in [4.69, 9.17) is 0 Å². The van der Waals surface area contributed by atoms with E-state index in [9.17, 15) is 22.8 Å². The Morgan fingerprint density at radius 3 is 2.38 bits per heavy atom. The Labute approximate surface area is 149 Å². The van der Waals surface area contributed by atoms with Crippen LogP contribution in [-0.4, -0.2) is 36.7 Å². The maximum Gasteiger partial charge on any atom is 0.330 e. The Hall–Kier alpha value is -2.72. The van der Waals surface area contributed by atoms with Gasteiger partial charge < -0.3 is 9.30 Å². The van der Waals surface area contributed by atoms with Gasteiger partial charge in [-0.25, -0.2) is 13.2 Å². The number of hydrogen-bond donors (Lipinski definition) is 1. The van der Waals surface area contributed by atoms with Crippen LogP contribution < -0.4 is 16.0 Å².